The summed E-state index contributed by atoms with van der Waals surface area (Å²) in [6.07, 6.45) is 4.88. The van der Waals surface area contributed by atoms with E-state index in [0.29, 0.717) is 25.3 Å². The third-order valence-corrected chi connectivity index (χ3v) is 5.67. The van der Waals surface area contributed by atoms with E-state index >= 15 is 0 Å². The van der Waals surface area contributed by atoms with Crippen LogP contribution >= 0.6 is 0 Å². The molecular weight excluding hydrogens is 332 g/mol. The van der Waals surface area contributed by atoms with Crippen LogP contribution < -0.4 is 0 Å². The molecule has 1 atom stereocenters. The zero-order valence-corrected chi connectivity index (χ0v) is 15.0. The van der Waals surface area contributed by atoms with Crippen LogP contribution in [0.2, 0.25) is 0 Å². The number of aromatic amines is 1. The fourth-order valence-electron chi connectivity index (χ4n) is 4.36. The number of H-pyrrole nitrogens is 1. The van der Waals surface area contributed by atoms with Crippen molar-refractivity contribution in [3.05, 3.63) is 30.1 Å². The highest BCUT2D eigenvalue weighted by Crippen LogP contribution is 2.39. The number of aromatic nitrogens is 2. The lowest BCUT2D eigenvalue weighted by atomic mass is 9.85. The van der Waals surface area contributed by atoms with Crippen molar-refractivity contribution in [2.75, 3.05) is 33.4 Å². The van der Waals surface area contributed by atoms with Gasteiger partial charge in [-0.1, -0.05) is 0 Å². The standard InChI is InChI=1S/C19H24N4O3/c1-26-11-10-22-8-2-6-19(18(22)25)7-3-9-23(19)17(24)14-4-5-15-16(12-14)21-13-20-15/h4-5,12-13H,2-3,6-11H2,1H3,(H,20,21). The van der Waals surface area contributed by atoms with Gasteiger partial charge in [0.15, 0.2) is 0 Å². The Hall–Kier alpha value is -2.41. The molecular formula is C19H24N4O3. The van der Waals surface area contributed by atoms with Crippen LogP contribution in [0.5, 0.6) is 0 Å². The summed E-state index contributed by atoms with van der Waals surface area (Å²) >= 11 is 0. The molecule has 0 saturated carbocycles. The average Bonchev–Trinajstić information content (AvgIpc) is 3.29. The van der Waals surface area contributed by atoms with Crippen LogP contribution in [0.4, 0.5) is 0 Å². The fourth-order valence-corrected chi connectivity index (χ4v) is 4.36. The Morgan fingerprint density at radius 3 is 2.92 bits per heavy atom. The molecule has 2 aliphatic heterocycles. The average molecular weight is 356 g/mol. The van der Waals surface area contributed by atoms with Crippen molar-refractivity contribution in [3.8, 4) is 0 Å². The Morgan fingerprint density at radius 1 is 1.31 bits per heavy atom. The first-order chi connectivity index (χ1) is 12.7. The minimum absolute atomic E-state index is 0.0686. The summed E-state index contributed by atoms with van der Waals surface area (Å²) < 4.78 is 5.14. The first-order valence-electron chi connectivity index (χ1n) is 9.19. The van der Waals surface area contributed by atoms with Crippen LogP contribution in [-0.4, -0.2) is 70.5 Å². The SMILES string of the molecule is COCCN1CCCC2(CCCN2C(=O)c2ccc3nc[nH]c3c2)C1=O. The number of rotatable bonds is 4. The second-order valence-corrected chi connectivity index (χ2v) is 7.11. The summed E-state index contributed by atoms with van der Waals surface area (Å²) in [6, 6.07) is 5.47. The minimum atomic E-state index is -0.688. The van der Waals surface area contributed by atoms with E-state index in [9.17, 15) is 9.59 Å². The van der Waals surface area contributed by atoms with Gasteiger partial charge in [-0.3, -0.25) is 9.59 Å². The molecule has 2 amide bonds. The zero-order valence-electron chi connectivity index (χ0n) is 15.0. The number of benzene rings is 1. The van der Waals surface area contributed by atoms with Gasteiger partial charge in [0.25, 0.3) is 5.91 Å². The van der Waals surface area contributed by atoms with Crippen molar-refractivity contribution < 1.29 is 14.3 Å². The summed E-state index contributed by atoms with van der Waals surface area (Å²) in [4.78, 5) is 37.4. The molecule has 0 radical (unpaired) electrons. The number of fused-ring (bicyclic) bond motifs is 1. The number of methoxy groups -OCH3 is 1. The maximum Gasteiger partial charge on any atom is 0.254 e. The highest BCUT2D eigenvalue weighted by atomic mass is 16.5. The summed E-state index contributed by atoms with van der Waals surface area (Å²) in [5, 5.41) is 0. The number of carbonyl (C=O) groups excluding carboxylic acids is 2. The molecule has 0 bridgehead atoms. The molecule has 2 fully saturated rings. The van der Waals surface area contributed by atoms with Crippen LogP contribution in [0.15, 0.2) is 24.5 Å². The Balaban J connectivity index is 1.62. The molecule has 1 aromatic carbocycles. The Labute approximate surface area is 152 Å². The molecule has 2 aromatic rings. The molecule has 1 aromatic heterocycles. The van der Waals surface area contributed by atoms with Crippen LogP contribution in [-0.2, 0) is 9.53 Å². The van der Waals surface area contributed by atoms with Gasteiger partial charge in [-0.2, -0.15) is 0 Å². The van der Waals surface area contributed by atoms with Gasteiger partial charge in [0.2, 0.25) is 5.91 Å². The molecule has 4 rings (SSSR count). The number of carbonyl (C=O) groups is 2. The third kappa shape index (κ3) is 2.67. The largest absolute Gasteiger partial charge is 0.383 e. The van der Waals surface area contributed by atoms with Gasteiger partial charge in [-0.05, 0) is 43.9 Å². The molecule has 1 N–H and O–H groups in total. The van der Waals surface area contributed by atoms with Crippen LogP contribution in [0.1, 0.15) is 36.0 Å². The second-order valence-electron chi connectivity index (χ2n) is 7.11. The van der Waals surface area contributed by atoms with Crippen molar-refractivity contribution in [2.24, 2.45) is 0 Å². The zero-order chi connectivity index (χ0) is 18.1. The van der Waals surface area contributed by atoms with Crippen molar-refractivity contribution in [1.29, 1.82) is 0 Å². The second kappa shape index (κ2) is 6.72. The summed E-state index contributed by atoms with van der Waals surface area (Å²) in [7, 11) is 1.64. The van der Waals surface area contributed by atoms with Crippen molar-refractivity contribution >= 4 is 22.8 Å². The first kappa shape index (κ1) is 17.0. The maximum atomic E-state index is 13.2. The number of imidazole rings is 1. The molecule has 26 heavy (non-hydrogen) atoms. The number of amides is 2. The van der Waals surface area contributed by atoms with Crippen molar-refractivity contribution in [1.82, 2.24) is 19.8 Å². The van der Waals surface area contributed by atoms with E-state index in [4.69, 9.17) is 4.74 Å². The predicted octanol–water partition coefficient (Wildman–Crippen LogP) is 1.81. The monoisotopic (exact) mass is 356 g/mol. The number of hydrogen-bond donors (Lipinski definition) is 1. The molecule has 2 saturated heterocycles. The molecule has 2 aliphatic rings. The third-order valence-electron chi connectivity index (χ3n) is 5.67. The van der Waals surface area contributed by atoms with Gasteiger partial charge < -0.3 is 19.5 Å². The quantitative estimate of drug-likeness (QED) is 0.906. The van der Waals surface area contributed by atoms with Gasteiger partial charge in [0, 0.05) is 32.3 Å². The molecule has 7 nitrogen and oxygen atoms in total. The van der Waals surface area contributed by atoms with E-state index < -0.39 is 5.54 Å². The van der Waals surface area contributed by atoms with E-state index in [1.54, 1.807) is 19.5 Å². The number of piperidine rings is 1. The van der Waals surface area contributed by atoms with Gasteiger partial charge in [0.1, 0.15) is 5.54 Å². The lowest BCUT2D eigenvalue weighted by Crippen LogP contribution is -2.61. The number of likely N-dealkylation sites (tertiary alicyclic amines) is 2. The highest BCUT2D eigenvalue weighted by Gasteiger charge is 2.52. The normalized spacial score (nSPS) is 23.3. The predicted molar refractivity (Wildman–Crippen MR) is 96.8 cm³/mol. The van der Waals surface area contributed by atoms with E-state index in [2.05, 4.69) is 9.97 Å². The molecule has 0 aliphatic carbocycles. The van der Waals surface area contributed by atoms with E-state index in [1.165, 1.54) is 0 Å². The van der Waals surface area contributed by atoms with E-state index in [-0.39, 0.29) is 11.8 Å². The fraction of sp³-hybridized carbons (Fsp3) is 0.526. The molecule has 138 valence electrons. The molecule has 7 heteroatoms. The molecule has 3 heterocycles. The topological polar surface area (TPSA) is 78.5 Å². The van der Waals surface area contributed by atoms with Crippen molar-refractivity contribution in [2.45, 2.75) is 31.2 Å². The van der Waals surface area contributed by atoms with Crippen LogP contribution in [0.25, 0.3) is 11.0 Å². The van der Waals surface area contributed by atoms with Gasteiger partial charge in [0.05, 0.1) is 24.0 Å². The van der Waals surface area contributed by atoms with Crippen LogP contribution in [0, 0.1) is 0 Å². The molecule has 1 spiro atoms. The Kier molecular flexibility index (Phi) is 4.40. The number of nitrogens with zero attached hydrogens (tertiary/aromatic N) is 3. The first-order valence-corrected chi connectivity index (χ1v) is 9.19. The lowest BCUT2D eigenvalue weighted by Gasteiger charge is -2.44. The van der Waals surface area contributed by atoms with Crippen molar-refractivity contribution in [3.63, 3.8) is 0 Å². The number of hydrogen-bond acceptors (Lipinski definition) is 4. The number of nitrogens with one attached hydrogen (secondary N) is 1. The van der Waals surface area contributed by atoms with Crippen LogP contribution in [0.3, 0.4) is 0 Å². The van der Waals surface area contributed by atoms with Gasteiger partial charge in [-0.15, -0.1) is 0 Å². The minimum Gasteiger partial charge on any atom is -0.383 e. The Bertz CT molecular complexity index is 833. The lowest BCUT2D eigenvalue weighted by molar-refractivity contribution is -0.146. The summed E-state index contributed by atoms with van der Waals surface area (Å²) in [5.74, 6) is 0.00945. The van der Waals surface area contributed by atoms with E-state index in [1.807, 2.05) is 21.9 Å². The Morgan fingerprint density at radius 2 is 2.12 bits per heavy atom. The summed E-state index contributed by atoms with van der Waals surface area (Å²) in [5.41, 5.74) is 1.58. The van der Waals surface area contributed by atoms with Gasteiger partial charge >= 0.3 is 0 Å². The van der Waals surface area contributed by atoms with E-state index in [0.717, 1.165) is 43.3 Å². The smallest absolute Gasteiger partial charge is 0.254 e. The maximum absolute atomic E-state index is 13.2. The molecule has 1 unspecified atom stereocenters. The number of ether oxygens (including phenoxy) is 1. The van der Waals surface area contributed by atoms with Gasteiger partial charge in [-0.25, -0.2) is 4.98 Å². The summed E-state index contributed by atoms with van der Waals surface area (Å²) in [6.45, 7) is 2.47. The highest BCUT2D eigenvalue weighted by molar-refractivity contribution is 6.01.